The number of amides is 4. The van der Waals surface area contributed by atoms with Crippen molar-refractivity contribution >= 4 is 23.5 Å². The van der Waals surface area contributed by atoms with Crippen molar-refractivity contribution in [3.05, 3.63) is 59.7 Å². The zero-order valence-corrected chi connectivity index (χ0v) is 17.4. The Hall–Kier alpha value is -3.35. The number of carbonyl (C=O) groups excluding carboxylic acids is 3. The number of anilines is 1. The molecule has 4 amide bonds. The molecule has 2 aliphatic rings. The van der Waals surface area contributed by atoms with Crippen LogP contribution < -0.4 is 10.2 Å². The van der Waals surface area contributed by atoms with Gasteiger partial charge in [-0.25, -0.2) is 4.79 Å². The molecule has 2 aliphatic heterocycles. The summed E-state index contributed by atoms with van der Waals surface area (Å²) in [6.45, 7) is 0.943. The Morgan fingerprint density at radius 3 is 2.71 bits per heavy atom. The first-order valence-corrected chi connectivity index (χ1v) is 10.8. The largest absolute Gasteiger partial charge is 0.508 e. The fraction of sp³-hybridized carbons (Fsp3) is 0.375. The van der Waals surface area contributed by atoms with Gasteiger partial charge in [0.2, 0.25) is 5.91 Å². The number of carbonyl (C=O) groups is 3. The summed E-state index contributed by atoms with van der Waals surface area (Å²) in [6.07, 6.45) is 4.77. The molecule has 2 aromatic rings. The highest BCUT2D eigenvalue weighted by molar-refractivity contribution is 6.09. The average molecular weight is 421 g/mol. The first-order valence-electron chi connectivity index (χ1n) is 10.8. The number of hydrogen-bond donors (Lipinski definition) is 2. The summed E-state index contributed by atoms with van der Waals surface area (Å²) >= 11 is 0. The van der Waals surface area contributed by atoms with E-state index in [0.29, 0.717) is 17.8 Å². The molecule has 2 heterocycles. The van der Waals surface area contributed by atoms with Crippen molar-refractivity contribution < 1.29 is 19.5 Å². The van der Waals surface area contributed by atoms with Gasteiger partial charge in [-0.3, -0.25) is 19.8 Å². The van der Waals surface area contributed by atoms with Crippen molar-refractivity contribution in [3.63, 3.8) is 0 Å². The van der Waals surface area contributed by atoms with Crippen LogP contribution in [0, 0.1) is 0 Å². The van der Waals surface area contributed by atoms with Gasteiger partial charge in [-0.15, -0.1) is 0 Å². The van der Waals surface area contributed by atoms with Gasteiger partial charge >= 0.3 is 6.03 Å². The molecule has 31 heavy (non-hydrogen) atoms. The Morgan fingerprint density at radius 1 is 1.06 bits per heavy atom. The van der Waals surface area contributed by atoms with Gasteiger partial charge in [0.15, 0.2) is 0 Å². The monoisotopic (exact) mass is 421 g/mol. The van der Waals surface area contributed by atoms with Crippen LogP contribution in [0.4, 0.5) is 10.5 Å². The molecular weight excluding hydrogens is 394 g/mol. The second-order valence-electron chi connectivity index (χ2n) is 8.13. The van der Waals surface area contributed by atoms with Gasteiger partial charge in [-0.1, -0.05) is 24.3 Å². The Balaban J connectivity index is 1.53. The molecule has 4 rings (SSSR count). The minimum absolute atomic E-state index is 0.0825. The minimum atomic E-state index is -0.490. The first kappa shape index (κ1) is 20.9. The lowest BCUT2D eigenvalue weighted by Gasteiger charge is -2.37. The molecule has 2 fully saturated rings. The molecule has 162 valence electrons. The third-order valence-corrected chi connectivity index (χ3v) is 6.04. The molecular formula is C24H27N3O4. The quantitative estimate of drug-likeness (QED) is 0.774. The van der Waals surface area contributed by atoms with Crippen LogP contribution in [-0.4, -0.2) is 47.0 Å². The molecule has 0 aromatic heterocycles. The van der Waals surface area contributed by atoms with Crippen LogP contribution in [-0.2, 0) is 11.2 Å². The van der Waals surface area contributed by atoms with E-state index in [0.717, 1.165) is 37.7 Å². The standard InChI is InChI=1S/C24H27N3O4/c28-19-8-5-6-17(16-19)11-12-18-7-3-4-14-26(18)23(30)20-9-1-2-10-21(20)27-15-13-22(29)25-24(27)31/h1-2,5-6,8-10,16,18,28H,3-4,7,11-15H2,(H,25,29,31). The van der Waals surface area contributed by atoms with Crippen LogP contribution in [0.2, 0.25) is 0 Å². The predicted octanol–water partition coefficient (Wildman–Crippen LogP) is 3.47. The number of nitrogens with zero attached hydrogens (tertiary/aromatic N) is 2. The molecule has 2 aromatic carbocycles. The number of piperidine rings is 1. The van der Waals surface area contributed by atoms with E-state index in [1.807, 2.05) is 17.0 Å². The van der Waals surface area contributed by atoms with Gasteiger partial charge in [0.25, 0.3) is 5.91 Å². The van der Waals surface area contributed by atoms with Crippen molar-refractivity contribution in [1.29, 1.82) is 0 Å². The fourth-order valence-electron chi connectivity index (χ4n) is 4.45. The predicted molar refractivity (Wildman–Crippen MR) is 117 cm³/mol. The van der Waals surface area contributed by atoms with E-state index in [1.54, 1.807) is 36.4 Å². The number of aromatic hydroxyl groups is 1. The Labute approximate surface area is 181 Å². The first-order chi connectivity index (χ1) is 15.0. The third-order valence-electron chi connectivity index (χ3n) is 6.04. The van der Waals surface area contributed by atoms with Crippen molar-refractivity contribution in [1.82, 2.24) is 10.2 Å². The molecule has 1 atom stereocenters. The maximum Gasteiger partial charge on any atom is 0.328 e. The Bertz CT molecular complexity index is 990. The van der Waals surface area contributed by atoms with Gasteiger partial charge in [0, 0.05) is 25.6 Å². The molecule has 7 heteroatoms. The lowest BCUT2D eigenvalue weighted by molar-refractivity contribution is -0.120. The number of phenols is 1. The van der Waals surface area contributed by atoms with E-state index < -0.39 is 6.03 Å². The van der Waals surface area contributed by atoms with Gasteiger partial charge in [-0.05, 0) is 61.9 Å². The number of urea groups is 1. The number of imide groups is 1. The highest BCUT2D eigenvalue weighted by atomic mass is 16.3. The SMILES string of the molecule is O=C1CCN(c2ccccc2C(=O)N2CCCCC2CCc2cccc(O)c2)C(=O)N1. The van der Waals surface area contributed by atoms with Crippen molar-refractivity contribution in [2.75, 3.05) is 18.0 Å². The fourth-order valence-corrected chi connectivity index (χ4v) is 4.45. The molecule has 2 N–H and O–H groups in total. The summed E-state index contributed by atoms with van der Waals surface area (Å²) in [6, 6.07) is 14.0. The maximum absolute atomic E-state index is 13.6. The zero-order chi connectivity index (χ0) is 21.8. The third kappa shape index (κ3) is 4.71. The van der Waals surface area contributed by atoms with Crippen LogP contribution in [0.15, 0.2) is 48.5 Å². The van der Waals surface area contributed by atoms with Gasteiger partial charge in [-0.2, -0.15) is 0 Å². The lowest BCUT2D eigenvalue weighted by Crippen LogP contribution is -2.50. The highest BCUT2D eigenvalue weighted by Gasteiger charge is 2.32. The van der Waals surface area contributed by atoms with Crippen LogP contribution in [0.1, 0.15) is 48.0 Å². The van der Waals surface area contributed by atoms with E-state index in [-0.39, 0.29) is 36.6 Å². The summed E-state index contributed by atoms with van der Waals surface area (Å²) in [4.78, 5) is 40.8. The molecule has 0 aliphatic carbocycles. The second-order valence-corrected chi connectivity index (χ2v) is 8.13. The van der Waals surface area contributed by atoms with E-state index in [4.69, 9.17) is 0 Å². The topological polar surface area (TPSA) is 90.0 Å². The van der Waals surface area contributed by atoms with E-state index in [1.165, 1.54) is 4.90 Å². The molecule has 0 saturated carbocycles. The summed E-state index contributed by atoms with van der Waals surface area (Å²) < 4.78 is 0. The summed E-state index contributed by atoms with van der Waals surface area (Å²) in [5, 5.41) is 12.0. The number of rotatable bonds is 5. The van der Waals surface area contributed by atoms with Crippen molar-refractivity contribution in [2.24, 2.45) is 0 Å². The highest BCUT2D eigenvalue weighted by Crippen LogP contribution is 2.28. The lowest BCUT2D eigenvalue weighted by atomic mass is 9.94. The van der Waals surface area contributed by atoms with Crippen molar-refractivity contribution in [3.8, 4) is 5.75 Å². The number of benzene rings is 2. The van der Waals surface area contributed by atoms with Gasteiger partial charge < -0.3 is 10.0 Å². The number of aryl methyl sites for hydroxylation is 1. The van der Waals surface area contributed by atoms with Crippen LogP contribution >= 0.6 is 0 Å². The van der Waals surface area contributed by atoms with Crippen molar-refractivity contribution in [2.45, 2.75) is 44.6 Å². The average Bonchev–Trinajstić information content (AvgIpc) is 2.78. The molecule has 2 saturated heterocycles. The molecule has 1 unspecified atom stereocenters. The van der Waals surface area contributed by atoms with Gasteiger partial charge in [0.1, 0.15) is 5.75 Å². The number of likely N-dealkylation sites (tertiary alicyclic amines) is 1. The number of nitrogens with one attached hydrogen (secondary N) is 1. The molecule has 7 nitrogen and oxygen atoms in total. The second kappa shape index (κ2) is 9.20. The Kier molecular flexibility index (Phi) is 6.21. The molecule has 0 radical (unpaired) electrons. The maximum atomic E-state index is 13.6. The van der Waals surface area contributed by atoms with E-state index in [2.05, 4.69) is 5.32 Å². The molecule has 0 spiro atoms. The summed E-state index contributed by atoms with van der Waals surface area (Å²) in [5.74, 6) is -0.129. The summed E-state index contributed by atoms with van der Waals surface area (Å²) in [7, 11) is 0. The molecule has 0 bridgehead atoms. The number of hydrogen-bond acceptors (Lipinski definition) is 4. The number of para-hydroxylation sites is 1. The van der Waals surface area contributed by atoms with E-state index in [9.17, 15) is 19.5 Å². The Morgan fingerprint density at radius 2 is 1.90 bits per heavy atom. The van der Waals surface area contributed by atoms with Crippen LogP contribution in [0.5, 0.6) is 5.75 Å². The summed E-state index contributed by atoms with van der Waals surface area (Å²) in [5.41, 5.74) is 2.07. The van der Waals surface area contributed by atoms with E-state index >= 15 is 0 Å². The van der Waals surface area contributed by atoms with Crippen LogP contribution in [0.25, 0.3) is 0 Å². The zero-order valence-electron chi connectivity index (χ0n) is 17.4. The normalized spacial score (nSPS) is 19.3. The number of phenolic OH excluding ortho intramolecular Hbond substituents is 1. The van der Waals surface area contributed by atoms with Crippen LogP contribution in [0.3, 0.4) is 0 Å². The minimum Gasteiger partial charge on any atom is -0.508 e. The van der Waals surface area contributed by atoms with Gasteiger partial charge in [0.05, 0.1) is 11.3 Å². The smallest absolute Gasteiger partial charge is 0.328 e.